The van der Waals surface area contributed by atoms with Crippen molar-refractivity contribution in [3.63, 3.8) is 0 Å². The molecule has 2 fully saturated rings. The van der Waals surface area contributed by atoms with Gasteiger partial charge in [0.25, 0.3) is 0 Å². The molecule has 3 heterocycles. The smallest absolute Gasteiger partial charge is 0.242 e. The van der Waals surface area contributed by atoms with E-state index in [0.717, 1.165) is 39.1 Å². The quantitative estimate of drug-likeness (QED) is 0.757. The molecule has 2 aliphatic heterocycles. The Morgan fingerprint density at radius 1 is 1.21 bits per heavy atom. The molecule has 0 N–H and O–H groups in total. The van der Waals surface area contributed by atoms with Crippen LogP contribution >= 0.6 is 11.3 Å². The predicted molar refractivity (Wildman–Crippen MR) is 93.5 cm³/mol. The molecule has 0 spiro atoms. The molecule has 2 amide bonds. The van der Waals surface area contributed by atoms with E-state index >= 15 is 0 Å². The van der Waals surface area contributed by atoms with Crippen LogP contribution in [0.4, 0.5) is 10.3 Å². The topological polar surface area (TPSA) is 72.9 Å². The lowest BCUT2D eigenvalue weighted by Gasteiger charge is -2.34. The van der Waals surface area contributed by atoms with Crippen LogP contribution in [0, 0.1) is 0 Å². The summed E-state index contributed by atoms with van der Waals surface area (Å²) in [7, 11) is 1.84. The van der Waals surface area contributed by atoms with Crippen LogP contribution < -0.4 is 9.80 Å². The molecule has 0 unspecified atom stereocenters. The van der Waals surface area contributed by atoms with E-state index in [-0.39, 0.29) is 18.4 Å². The number of amides is 2. The fourth-order valence-electron chi connectivity index (χ4n) is 3.01. The van der Waals surface area contributed by atoms with Gasteiger partial charge in [0.1, 0.15) is 0 Å². The number of nitrogens with zero attached hydrogens (tertiary/aromatic N) is 6. The molecule has 9 heteroatoms. The van der Waals surface area contributed by atoms with Crippen LogP contribution in [0.1, 0.15) is 19.8 Å². The number of likely N-dealkylation sites (N-methyl/N-ethyl adjacent to an activating group) is 2. The number of anilines is 2. The minimum absolute atomic E-state index is 0.102. The zero-order valence-corrected chi connectivity index (χ0v) is 15.1. The molecule has 0 bridgehead atoms. The van der Waals surface area contributed by atoms with Gasteiger partial charge >= 0.3 is 0 Å². The summed E-state index contributed by atoms with van der Waals surface area (Å²) in [4.78, 5) is 32.0. The number of hydrogen-bond donors (Lipinski definition) is 0. The Labute approximate surface area is 146 Å². The third kappa shape index (κ3) is 3.67. The third-order valence-electron chi connectivity index (χ3n) is 4.58. The standard InChI is InChI=1S/C15H24N6O2S/c1-3-19-7-9-20(10-8-19)13(23)11-18(2)14-16-17-15(24-14)21-6-4-5-12(21)22/h3-11H2,1-2H3. The van der Waals surface area contributed by atoms with Gasteiger partial charge in [0.15, 0.2) is 0 Å². The molecule has 0 saturated carbocycles. The zero-order chi connectivity index (χ0) is 17.1. The molecule has 1 aromatic heterocycles. The second kappa shape index (κ2) is 7.43. The Balaban J connectivity index is 1.55. The summed E-state index contributed by atoms with van der Waals surface area (Å²) < 4.78 is 0. The van der Waals surface area contributed by atoms with Gasteiger partial charge in [-0.2, -0.15) is 0 Å². The fourth-order valence-corrected chi connectivity index (χ4v) is 3.86. The maximum Gasteiger partial charge on any atom is 0.242 e. The molecule has 8 nitrogen and oxygen atoms in total. The summed E-state index contributed by atoms with van der Waals surface area (Å²) in [6, 6.07) is 0. The van der Waals surface area contributed by atoms with Crippen molar-refractivity contribution in [3.8, 4) is 0 Å². The van der Waals surface area contributed by atoms with Crippen LogP contribution in [-0.4, -0.2) is 84.7 Å². The van der Waals surface area contributed by atoms with Gasteiger partial charge in [-0.05, 0) is 13.0 Å². The molecular weight excluding hydrogens is 328 g/mol. The minimum atomic E-state index is 0.102. The van der Waals surface area contributed by atoms with Crippen LogP contribution in [0.25, 0.3) is 0 Å². The zero-order valence-electron chi connectivity index (χ0n) is 14.3. The van der Waals surface area contributed by atoms with E-state index in [1.54, 1.807) is 4.90 Å². The number of carbonyl (C=O) groups excluding carboxylic acids is 2. The molecule has 0 aromatic carbocycles. The van der Waals surface area contributed by atoms with Crippen molar-refractivity contribution in [1.82, 2.24) is 20.0 Å². The SMILES string of the molecule is CCN1CCN(C(=O)CN(C)c2nnc(N3CCCC3=O)s2)CC1. The first-order chi connectivity index (χ1) is 11.6. The van der Waals surface area contributed by atoms with Crippen LogP contribution in [-0.2, 0) is 9.59 Å². The van der Waals surface area contributed by atoms with Crippen molar-refractivity contribution in [1.29, 1.82) is 0 Å². The molecule has 0 atom stereocenters. The Bertz CT molecular complexity index is 599. The van der Waals surface area contributed by atoms with Gasteiger partial charge in [0, 0.05) is 46.2 Å². The van der Waals surface area contributed by atoms with Crippen molar-refractivity contribution in [2.45, 2.75) is 19.8 Å². The maximum atomic E-state index is 12.4. The van der Waals surface area contributed by atoms with E-state index in [2.05, 4.69) is 22.0 Å². The first kappa shape index (κ1) is 17.1. The van der Waals surface area contributed by atoms with Gasteiger partial charge in [-0.3, -0.25) is 14.5 Å². The molecular formula is C15H24N6O2S. The highest BCUT2D eigenvalue weighted by atomic mass is 32.1. The van der Waals surface area contributed by atoms with Crippen molar-refractivity contribution in [2.24, 2.45) is 0 Å². The first-order valence-electron chi connectivity index (χ1n) is 8.43. The number of aromatic nitrogens is 2. The highest BCUT2D eigenvalue weighted by Crippen LogP contribution is 2.29. The molecule has 2 aliphatic rings. The lowest BCUT2D eigenvalue weighted by atomic mass is 10.3. The van der Waals surface area contributed by atoms with Gasteiger partial charge in [0.2, 0.25) is 22.1 Å². The third-order valence-corrected chi connectivity index (χ3v) is 5.64. The maximum absolute atomic E-state index is 12.4. The number of rotatable bonds is 5. The average molecular weight is 352 g/mol. The van der Waals surface area contributed by atoms with E-state index in [1.807, 2.05) is 16.8 Å². The van der Waals surface area contributed by atoms with Crippen molar-refractivity contribution < 1.29 is 9.59 Å². The Kier molecular flexibility index (Phi) is 5.30. The summed E-state index contributed by atoms with van der Waals surface area (Å²) in [6.45, 7) is 7.60. The Hall–Kier alpha value is -1.74. The number of carbonyl (C=O) groups is 2. The fraction of sp³-hybridized carbons (Fsp3) is 0.733. The highest BCUT2D eigenvalue weighted by Gasteiger charge is 2.26. The largest absolute Gasteiger partial charge is 0.340 e. The molecule has 2 saturated heterocycles. The average Bonchev–Trinajstić information content (AvgIpc) is 3.23. The number of hydrogen-bond acceptors (Lipinski definition) is 7. The number of piperazine rings is 1. The Morgan fingerprint density at radius 2 is 1.96 bits per heavy atom. The second-order valence-electron chi connectivity index (χ2n) is 6.19. The van der Waals surface area contributed by atoms with E-state index in [9.17, 15) is 9.59 Å². The summed E-state index contributed by atoms with van der Waals surface area (Å²) in [5.41, 5.74) is 0. The summed E-state index contributed by atoms with van der Waals surface area (Å²) in [6.07, 6.45) is 1.44. The lowest BCUT2D eigenvalue weighted by molar-refractivity contribution is -0.131. The summed E-state index contributed by atoms with van der Waals surface area (Å²) >= 11 is 1.36. The summed E-state index contributed by atoms with van der Waals surface area (Å²) in [5.74, 6) is 0.215. The van der Waals surface area contributed by atoms with Crippen molar-refractivity contribution in [3.05, 3.63) is 0 Å². The van der Waals surface area contributed by atoms with Crippen molar-refractivity contribution in [2.75, 3.05) is 62.7 Å². The van der Waals surface area contributed by atoms with Crippen LogP contribution in [0.5, 0.6) is 0 Å². The normalized spacial score (nSPS) is 19.2. The van der Waals surface area contributed by atoms with Gasteiger partial charge in [-0.15, -0.1) is 10.2 Å². The van der Waals surface area contributed by atoms with Gasteiger partial charge < -0.3 is 14.7 Å². The summed E-state index contributed by atoms with van der Waals surface area (Å²) in [5, 5.41) is 9.55. The predicted octanol–water partition coefficient (Wildman–Crippen LogP) is 0.265. The lowest BCUT2D eigenvalue weighted by Crippen LogP contribution is -2.50. The van der Waals surface area contributed by atoms with Gasteiger partial charge in [-0.25, -0.2) is 0 Å². The van der Waals surface area contributed by atoms with E-state index in [0.29, 0.717) is 23.2 Å². The molecule has 132 valence electrons. The van der Waals surface area contributed by atoms with E-state index < -0.39 is 0 Å². The van der Waals surface area contributed by atoms with Gasteiger partial charge in [-0.1, -0.05) is 18.3 Å². The second-order valence-corrected chi connectivity index (χ2v) is 7.12. The Morgan fingerprint density at radius 3 is 2.58 bits per heavy atom. The van der Waals surface area contributed by atoms with Crippen LogP contribution in [0.3, 0.4) is 0 Å². The monoisotopic (exact) mass is 352 g/mol. The highest BCUT2D eigenvalue weighted by molar-refractivity contribution is 7.19. The molecule has 3 rings (SSSR count). The van der Waals surface area contributed by atoms with Crippen LogP contribution in [0.15, 0.2) is 0 Å². The van der Waals surface area contributed by atoms with E-state index in [1.165, 1.54) is 11.3 Å². The molecule has 0 radical (unpaired) electrons. The molecule has 0 aliphatic carbocycles. The van der Waals surface area contributed by atoms with Gasteiger partial charge in [0.05, 0.1) is 6.54 Å². The molecule has 24 heavy (non-hydrogen) atoms. The van der Waals surface area contributed by atoms with Crippen molar-refractivity contribution >= 4 is 33.4 Å². The van der Waals surface area contributed by atoms with Crippen LogP contribution in [0.2, 0.25) is 0 Å². The molecule has 1 aromatic rings. The first-order valence-corrected chi connectivity index (χ1v) is 9.25. The van der Waals surface area contributed by atoms with E-state index in [4.69, 9.17) is 0 Å². The minimum Gasteiger partial charge on any atom is -0.340 e.